The number of nitrogens with one attached hydrogen (secondary N) is 2. The normalized spacial score (nSPS) is 17.8. The summed E-state index contributed by atoms with van der Waals surface area (Å²) in [6.07, 6.45) is 2.94. The van der Waals surface area contributed by atoms with Crippen molar-refractivity contribution in [2.24, 2.45) is 5.41 Å². The Hall–Kier alpha value is -1.63. The highest BCUT2D eigenvalue weighted by atomic mass is 32.1. The fourth-order valence-corrected chi connectivity index (χ4v) is 2.27. The highest BCUT2D eigenvalue weighted by Crippen LogP contribution is 2.45. The lowest BCUT2D eigenvalue weighted by molar-refractivity contribution is -0.143. The van der Waals surface area contributed by atoms with Gasteiger partial charge in [-0.3, -0.25) is 4.79 Å². The van der Waals surface area contributed by atoms with Crippen molar-refractivity contribution in [3.63, 3.8) is 0 Å². The van der Waals surface area contributed by atoms with Gasteiger partial charge in [0.25, 0.3) is 0 Å². The number of nitrogens with zero attached hydrogens (tertiary/aromatic N) is 1. The lowest BCUT2D eigenvalue weighted by atomic mass is 10.1. The van der Waals surface area contributed by atoms with Crippen LogP contribution < -0.4 is 10.6 Å². The van der Waals surface area contributed by atoms with Crippen LogP contribution in [-0.2, 0) is 4.79 Å². The molecule has 0 saturated heterocycles. The molecule has 1 saturated carbocycles. The van der Waals surface area contributed by atoms with Crippen LogP contribution in [0.15, 0.2) is 11.6 Å². The Kier molecular flexibility index (Phi) is 3.51. The van der Waals surface area contributed by atoms with Gasteiger partial charge in [-0.25, -0.2) is 9.78 Å². The Labute approximate surface area is 108 Å². The summed E-state index contributed by atoms with van der Waals surface area (Å²) in [5.74, 6) is -0.837. The molecule has 1 atom stereocenters. The Morgan fingerprint density at radius 3 is 2.83 bits per heavy atom. The Bertz CT molecular complexity index is 442. The van der Waals surface area contributed by atoms with E-state index in [9.17, 15) is 9.59 Å². The second-order valence-electron chi connectivity index (χ2n) is 4.50. The molecule has 0 aliphatic heterocycles. The number of urea groups is 1. The van der Waals surface area contributed by atoms with Crippen molar-refractivity contribution in [1.82, 2.24) is 15.6 Å². The predicted molar refractivity (Wildman–Crippen MR) is 66.4 cm³/mol. The van der Waals surface area contributed by atoms with E-state index < -0.39 is 11.4 Å². The van der Waals surface area contributed by atoms with Gasteiger partial charge in [0.1, 0.15) is 5.01 Å². The molecule has 2 rings (SSSR count). The van der Waals surface area contributed by atoms with Crippen LogP contribution in [0.4, 0.5) is 4.79 Å². The summed E-state index contributed by atoms with van der Waals surface area (Å²) < 4.78 is 0. The number of hydrogen-bond acceptors (Lipinski definition) is 4. The molecule has 3 N–H and O–H groups in total. The van der Waals surface area contributed by atoms with E-state index in [-0.39, 0.29) is 18.6 Å². The van der Waals surface area contributed by atoms with Gasteiger partial charge in [0, 0.05) is 18.1 Å². The van der Waals surface area contributed by atoms with Crippen LogP contribution >= 0.6 is 11.3 Å². The second-order valence-corrected chi connectivity index (χ2v) is 5.43. The largest absolute Gasteiger partial charge is 0.481 e. The second kappa shape index (κ2) is 4.93. The average Bonchev–Trinajstić information content (AvgIpc) is 2.92. The van der Waals surface area contributed by atoms with E-state index in [1.165, 1.54) is 11.3 Å². The van der Waals surface area contributed by atoms with Crippen LogP contribution in [-0.4, -0.2) is 28.6 Å². The van der Waals surface area contributed by atoms with E-state index in [1.807, 2.05) is 12.3 Å². The molecule has 1 heterocycles. The zero-order valence-electron chi connectivity index (χ0n) is 9.97. The van der Waals surface area contributed by atoms with Crippen LogP contribution in [0.5, 0.6) is 0 Å². The molecule has 1 aromatic heterocycles. The molecule has 1 aliphatic carbocycles. The first-order chi connectivity index (χ1) is 8.53. The minimum Gasteiger partial charge on any atom is -0.481 e. The van der Waals surface area contributed by atoms with E-state index >= 15 is 0 Å². The molecule has 1 fully saturated rings. The smallest absolute Gasteiger partial charge is 0.315 e. The minimum atomic E-state index is -0.837. The number of carbonyl (C=O) groups is 2. The first-order valence-electron chi connectivity index (χ1n) is 5.71. The summed E-state index contributed by atoms with van der Waals surface area (Å²) in [6, 6.07) is -0.532. The quantitative estimate of drug-likeness (QED) is 0.753. The number of carboxylic acids is 1. The van der Waals surface area contributed by atoms with E-state index in [2.05, 4.69) is 15.6 Å². The van der Waals surface area contributed by atoms with Crippen LogP contribution in [0.3, 0.4) is 0 Å². The Morgan fingerprint density at radius 1 is 1.61 bits per heavy atom. The van der Waals surface area contributed by atoms with Gasteiger partial charge >= 0.3 is 12.0 Å². The van der Waals surface area contributed by atoms with Gasteiger partial charge < -0.3 is 15.7 Å². The molecule has 1 aliphatic rings. The predicted octanol–water partition coefficient (Wildman–Crippen LogP) is 1.37. The molecule has 1 unspecified atom stereocenters. The average molecular weight is 269 g/mol. The maximum atomic E-state index is 11.6. The van der Waals surface area contributed by atoms with Gasteiger partial charge in [-0.2, -0.15) is 0 Å². The number of aromatic nitrogens is 1. The summed E-state index contributed by atoms with van der Waals surface area (Å²) in [4.78, 5) is 26.6. The van der Waals surface area contributed by atoms with Crippen molar-refractivity contribution in [2.45, 2.75) is 25.8 Å². The molecule has 0 spiro atoms. The maximum Gasteiger partial charge on any atom is 0.315 e. The summed E-state index contributed by atoms with van der Waals surface area (Å²) in [5, 5.41) is 17.0. The summed E-state index contributed by atoms with van der Waals surface area (Å²) >= 11 is 1.47. The van der Waals surface area contributed by atoms with Crippen molar-refractivity contribution >= 4 is 23.3 Å². The van der Waals surface area contributed by atoms with E-state index in [4.69, 9.17) is 5.11 Å². The van der Waals surface area contributed by atoms with Crippen molar-refractivity contribution in [3.05, 3.63) is 16.6 Å². The molecule has 0 bridgehead atoms. The maximum absolute atomic E-state index is 11.6. The monoisotopic (exact) mass is 269 g/mol. The molecule has 18 heavy (non-hydrogen) atoms. The van der Waals surface area contributed by atoms with Crippen molar-refractivity contribution in [2.75, 3.05) is 6.54 Å². The van der Waals surface area contributed by atoms with E-state index in [0.29, 0.717) is 12.8 Å². The molecular weight excluding hydrogens is 254 g/mol. The van der Waals surface area contributed by atoms with Crippen LogP contribution in [0.2, 0.25) is 0 Å². The number of carboxylic acid groups (broad SMARTS) is 1. The molecule has 2 amide bonds. The van der Waals surface area contributed by atoms with E-state index in [1.54, 1.807) is 6.20 Å². The Morgan fingerprint density at radius 2 is 2.33 bits per heavy atom. The van der Waals surface area contributed by atoms with Gasteiger partial charge in [0.05, 0.1) is 11.5 Å². The standard InChI is InChI=1S/C11H15N3O3S/c1-7(8-12-4-5-18-8)14-10(17)13-6-11(2-3-11)9(15)16/h4-5,7H,2-3,6H2,1H3,(H,15,16)(H2,13,14,17). The SMILES string of the molecule is CC(NC(=O)NCC1(C(=O)O)CC1)c1nccs1. The first-order valence-corrected chi connectivity index (χ1v) is 6.59. The third kappa shape index (κ3) is 2.79. The lowest BCUT2D eigenvalue weighted by Gasteiger charge is -2.14. The number of thiazole rings is 1. The number of amides is 2. The topological polar surface area (TPSA) is 91.3 Å². The summed E-state index contributed by atoms with van der Waals surface area (Å²) in [6.45, 7) is 2.02. The Balaban J connectivity index is 1.78. The van der Waals surface area contributed by atoms with Crippen molar-refractivity contribution in [1.29, 1.82) is 0 Å². The van der Waals surface area contributed by atoms with Crippen molar-refractivity contribution in [3.8, 4) is 0 Å². The van der Waals surface area contributed by atoms with Gasteiger partial charge in [-0.1, -0.05) is 0 Å². The number of carbonyl (C=O) groups excluding carboxylic acids is 1. The minimum absolute atomic E-state index is 0.176. The molecule has 0 aromatic carbocycles. The third-order valence-corrected chi connectivity index (χ3v) is 4.02. The fraction of sp³-hybridized carbons (Fsp3) is 0.545. The number of hydrogen-bond donors (Lipinski definition) is 3. The molecule has 6 nitrogen and oxygen atoms in total. The molecule has 7 heteroatoms. The first kappa shape index (κ1) is 12.8. The van der Waals surface area contributed by atoms with Crippen LogP contribution in [0.1, 0.15) is 30.8 Å². The molecule has 0 radical (unpaired) electrons. The molecule has 98 valence electrons. The van der Waals surface area contributed by atoms with Crippen molar-refractivity contribution < 1.29 is 14.7 Å². The number of rotatable bonds is 5. The van der Waals surface area contributed by atoms with Crippen LogP contribution in [0, 0.1) is 5.41 Å². The van der Waals surface area contributed by atoms with Gasteiger partial charge in [-0.05, 0) is 19.8 Å². The highest BCUT2D eigenvalue weighted by Gasteiger charge is 2.50. The lowest BCUT2D eigenvalue weighted by Crippen LogP contribution is -2.41. The molecular formula is C11H15N3O3S. The van der Waals surface area contributed by atoms with Gasteiger partial charge in [-0.15, -0.1) is 11.3 Å². The summed E-state index contributed by atoms with van der Waals surface area (Å²) in [5.41, 5.74) is -0.734. The molecule has 1 aromatic rings. The number of aliphatic carboxylic acids is 1. The summed E-state index contributed by atoms with van der Waals surface area (Å²) in [7, 11) is 0. The fourth-order valence-electron chi connectivity index (χ4n) is 1.62. The van der Waals surface area contributed by atoms with Gasteiger partial charge in [0.2, 0.25) is 0 Å². The van der Waals surface area contributed by atoms with E-state index in [0.717, 1.165) is 5.01 Å². The van der Waals surface area contributed by atoms with Gasteiger partial charge in [0.15, 0.2) is 0 Å². The van der Waals surface area contributed by atoms with Crippen LogP contribution in [0.25, 0.3) is 0 Å². The highest BCUT2D eigenvalue weighted by molar-refractivity contribution is 7.09. The zero-order chi connectivity index (χ0) is 13.2. The zero-order valence-corrected chi connectivity index (χ0v) is 10.8. The third-order valence-electron chi connectivity index (χ3n) is 3.06.